The van der Waals surface area contributed by atoms with Crippen molar-refractivity contribution >= 4 is 11.8 Å². The SMILES string of the molecule is O=C(NCCc1nccn1C(F)F)C1CCCN(C(=O)Cc2ccc(F)cc2)C1. The van der Waals surface area contributed by atoms with E-state index in [1.165, 1.54) is 24.5 Å². The average molecular weight is 408 g/mol. The van der Waals surface area contributed by atoms with Gasteiger partial charge < -0.3 is 10.2 Å². The molecular formula is C20H23F3N4O2. The summed E-state index contributed by atoms with van der Waals surface area (Å²) in [5, 5.41) is 2.76. The van der Waals surface area contributed by atoms with Crippen LogP contribution < -0.4 is 5.32 Å². The third-order valence-electron chi connectivity index (χ3n) is 5.02. The minimum atomic E-state index is -2.66. The molecule has 0 saturated carbocycles. The van der Waals surface area contributed by atoms with E-state index in [0.29, 0.717) is 25.9 Å². The Balaban J connectivity index is 1.47. The zero-order valence-electron chi connectivity index (χ0n) is 15.9. The quantitative estimate of drug-likeness (QED) is 0.766. The Labute approximate surface area is 166 Å². The van der Waals surface area contributed by atoms with Crippen LogP contribution in [0.4, 0.5) is 13.2 Å². The molecule has 1 aromatic heterocycles. The molecule has 2 amide bonds. The molecule has 1 atom stereocenters. The Hall–Kier alpha value is -2.84. The van der Waals surface area contributed by atoms with Crippen LogP contribution in [0.3, 0.4) is 0 Å². The highest BCUT2D eigenvalue weighted by atomic mass is 19.3. The molecule has 9 heteroatoms. The van der Waals surface area contributed by atoms with Crippen molar-refractivity contribution in [1.82, 2.24) is 19.8 Å². The molecule has 29 heavy (non-hydrogen) atoms. The predicted molar refractivity (Wildman–Crippen MR) is 99.6 cm³/mol. The molecule has 0 spiro atoms. The first-order chi connectivity index (χ1) is 13.9. The number of benzene rings is 1. The van der Waals surface area contributed by atoms with Crippen molar-refractivity contribution in [2.24, 2.45) is 5.92 Å². The van der Waals surface area contributed by atoms with E-state index in [1.54, 1.807) is 17.0 Å². The van der Waals surface area contributed by atoms with Crippen LogP contribution in [0.5, 0.6) is 0 Å². The lowest BCUT2D eigenvalue weighted by Crippen LogP contribution is -2.46. The molecule has 1 aromatic carbocycles. The highest BCUT2D eigenvalue weighted by molar-refractivity contribution is 5.82. The Morgan fingerprint density at radius 1 is 1.24 bits per heavy atom. The molecule has 1 unspecified atom stereocenters. The number of alkyl halides is 2. The number of imidazole rings is 1. The van der Waals surface area contributed by atoms with Gasteiger partial charge in [0, 0.05) is 38.4 Å². The minimum absolute atomic E-state index is 0.104. The largest absolute Gasteiger partial charge is 0.355 e. The van der Waals surface area contributed by atoms with E-state index in [4.69, 9.17) is 0 Å². The molecule has 0 bridgehead atoms. The number of halogens is 3. The average Bonchev–Trinajstić information content (AvgIpc) is 3.18. The van der Waals surface area contributed by atoms with E-state index < -0.39 is 6.55 Å². The third-order valence-corrected chi connectivity index (χ3v) is 5.02. The summed E-state index contributed by atoms with van der Waals surface area (Å²) in [6, 6.07) is 5.78. The number of carbonyl (C=O) groups excluding carboxylic acids is 2. The Morgan fingerprint density at radius 2 is 2.00 bits per heavy atom. The molecule has 3 rings (SSSR count). The zero-order valence-corrected chi connectivity index (χ0v) is 15.9. The molecular weight excluding hydrogens is 385 g/mol. The molecule has 1 saturated heterocycles. The predicted octanol–water partition coefficient (Wildman–Crippen LogP) is 2.56. The van der Waals surface area contributed by atoms with E-state index in [9.17, 15) is 22.8 Å². The molecule has 0 radical (unpaired) electrons. The van der Waals surface area contributed by atoms with Crippen LogP contribution in [-0.4, -0.2) is 45.9 Å². The first-order valence-corrected chi connectivity index (χ1v) is 9.54. The summed E-state index contributed by atoms with van der Waals surface area (Å²) in [7, 11) is 0. The summed E-state index contributed by atoms with van der Waals surface area (Å²) in [6.07, 6.45) is 4.23. The number of rotatable bonds is 7. The first kappa shape index (κ1) is 20.9. The molecule has 0 aliphatic carbocycles. The van der Waals surface area contributed by atoms with Gasteiger partial charge in [-0.15, -0.1) is 0 Å². The maximum absolute atomic E-state index is 13.0. The number of nitrogens with zero attached hydrogens (tertiary/aromatic N) is 3. The number of amides is 2. The Kier molecular flexibility index (Phi) is 6.90. The van der Waals surface area contributed by atoms with Crippen LogP contribution in [0.1, 0.15) is 30.8 Å². The second-order valence-electron chi connectivity index (χ2n) is 7.05. The number of hydrogen-bond acceptors (Lipinski definition) is 3. The van der Waals surface area contributed by atoms with Crippen LogP contribution >= 0.6 is 0 Å². The van der Waals surface area contributed by atoms with Crippen molar-refractivity contribution < 1.29 is 22.8 Å². The molecule has 2 heterocycles. The smallest absolute Gasteiger partial charge is 0.319 e. The highest BCUT2D eigenvalue weighted by Crippen LogP contribution is 2.18. The summed E-state index contributed by atoms with van der Waals surface area (Å²) in [5.41, 5.74) is 0.720. The summed E-state index contributed by atoms with van der Waals surface area (Å²) >= 11 is 0. The molecule has 1 fully saturated rings. The van der Waals surface area contributed by atoms with Crippen molar-refractivity contribution in [1.29, 1.82) is 0 Å². The maximum atomic E-state index is 13.0. The van der Waals surface area contributed by atoms with E-state index in [0.717, 1.165) is 10.1 Å². The summed E-state index contributed by atoms with van der Waals surface area (Å²) in [4.78, 5) is 30.5. The fourth-order valence-electron chi connectivity index (χ4n) is 3.46. The van der Waals surface area contributed by atoms with Gasteiger partial charge in [0.2, 0.25) is 11.8 Å². The van der Waals surface area contributed by atoms with E-state index >= 15 is 0 Å². The fraction of sp³-hybridized carbons (Fsp3) is 0.450. The lowest BCUT2D eigenvalue weighted by atomic mass is 9.96. The standard InChI is InChI=1S/C20H23F3N4O2/c21-16-5-3-14(4-6-16)12-18(28)26-10-1-2-15(13-26)19(29)25-8-7-17-24-9-11-27(17)20(22)23/h3-6,9,11,15,20H,1-2,7-8,10,12-13H2,(H,25,29). The van der Waals surface area contributed by atoms with Gasteiger partial charge >= 0.3 is 6.55 Å². The fourth-order valence-corrected chi connectivity index (χ4v) is 3.46. The number of aromatic nitrogens is 2. The van der Waals surface area contributed by atoms with Gasteiger partial charge in [0.15, 0.2) is 0 Å². The molecule has 1 aliphatic heterocycles. The molecule has 1 N–H and O–H groups in total. The molecule has 156 valence electrons. The Morgan fingerprint density at radius 3 is 2.72 bits per heavy atom. The topological polar surface area (TPSA) is 67.2 Å². The van der Waals surface area contributed by atoms with Gasteiger partial charge in [-0.2, -0.15) is 8.78 Å². The highest BCUT2D eigenvalue weighted by Gasteiger charge is 2.28. The van der Waals surface area contributed by atoms with Gasteiger partial charge in [0.25, 0.3) is 0 Å². The van der Waals surface area contributed by atoms with Crippen molar-refractivity contribution in [3.8, 4) is 0 Å². The lowest BCUT2D eigenvalue weighted by molar-refractivity contribution is -0.135. The zero-order chi connectivity index (χ0) is 20.8. The molecule has 1 aliphatic rings. The number of piperidine rings is 1. The van der Waals surface area contributed by atoms with Gasteiger partial charge in [-0.3, -0.25) is 14.2 Å². The van der Waals surface area contributed by atoms with Gasteiger partial charge in [0.1, 0.15) is 11.6 Å². The van der Waals surface area contributed by atoms with Gasteiger partial charge in [-0.25, -0.2) is 9.37 Å². The summed E-state index contributed by atoms with van der Waals surface area (Å²) < 4.78 is 39.4. The van der Waals surface area contributed by atoms with Crippen molar-refractivity contribution in [2.45, 2.75) is 32.2 Å². The second kappa shape index (κ2) is 9.58. The summed E-state index contributed by atoms with van der Waals surface area (Å²) in [6.45, 7) is -1.57. The normalized spacial score (nSPS) is 16.8. The van der Waals surface area contributed by atoms with Crippen molar-refractivity contribution in [3.63, 3.8) is 0 Å². The van der Waals surface area contributed by atoms with Crippen LogP contribution in [-0.2, 0) is 22.4 Å². The number of nitrogens with one attached hydrogen (secondary N) is 1. The number of hydrogen-bond donors (Lipinski definition) is 1. The van der Waals surface area contributed by atoms with Crippen LogP contribution in [0, 0.1) is 11.7 Å². The van der Waals surface area contributed by atoms with Gasteiger partial charge in [-0.05, 0) is 30.5 Å². The van der Waals surface area contributed by atoms with Crippen LogP contribution in [0.25, 0.3) is 0 Å². The van der Waals surface area contributed by atoms with Crippen LogP contribution in [0.2, 0.25) is 0 Å². The minimum Gasteiger partial charge on any atom is -0.355 e. The van der Waals surface area contributed by atoms with E-state index in [2.05, 4.69) is 10.3 Å². The van der Waals surface area contributed by atoms with E-state index in [-0.39, 0.29) is 48.8 Å². The first-order valence-electron chi connectivity index (χ1n) is 9.54. The number of carbonyl (C=O) groups is 2. The Bertz CT molecular complexity index is 839. The van der Waals surface area contributed by atoms with Crippen LogP contribution in [0.15, 0.2) is 36.7 Å². The third kappa shape index (κ3) is 5.58. The van der Waals surface area contributed by atoms with E-state index in [1.807, 2.05) is 0 Å². The molecule has 2 aromatic rings. The molecule has 6 nitrogen and oxygen atoms in total. The van der Waals surface area contributed by atoms with Gasteiger partial charge in [0.05, 0.1) is 12.3 Å². The number of likely N-dealkylation sites (tertiary alicyclic amines) is 1. The second-order valence-corrected chi connectivity index (χ2v) is 7.05. The lowest BCUT2D eigenvalue weighted by Gasteiger charge is -2.32. The van der Waals surface area contributed by atoms with Crippen molar-refractivity contribution in [2.75, 3.05) is 19.6 Å². The van der Waals surface area contributed by atoms with Crippen molar-refractivity contribution in [3.05, 3.63) is 53.9 Å². The summed E-state index contributed by atoms with van der Waals surface area (Å²) in [5.74, 6) is -0.782. The maximum Gasteiger partial charge on any atom is 0.319 e. The van der Waals surface area contributed by atoms with Gasteiger partial charge in [-0.1, -0.05) is 12.1 Å². The monoisotopic (exact) mass is 408 g/mol.